The molecule has 0 saturated carbocycles. The molecule has 0 radical (unpaired) electrons. The van der Waals surface area contributed by atoms with E-state index in [-0.39, 0.29) is 23.9 Å². The first-order chi connectivity index (χ1) is 10.2. The zero-order valence-electron chi connectivity index (χ0n) is 12.4. The first-order valence-corrected chi connectivity index (χ1v) is 7.43. The number of carbonyl (C=O) groups is 1. The third-order valence-corrected chi connectivity index (χ3v) is 4.08. The minimum Gasteiger partial charge on any atom is -0.380 e. The quantitative estimate of drug-likeness (QED) is 0.906. The van der Waals surface area contributed by atoms with Crippen LogP contribution < -0.4 is 5.73 Å². The number of methoxy groups -OCH3 is 1. The van der Waals surface area contributed by atoms with E-state index in [2.05, 4.69) is 0 Å². The number of carbonyl (C=O) groups excluding carboxylic acids is 1. The topological polar surface area (TPSA) is 55.6 Å². The Labute approximate surface area is 125 Å². The molecule has 1 aliphatic heterocycles. The van der Waals surface area contributed by atoms with E-state index in [1.807, 2.05) is 4.90 Å². The summed E-state index contributed by atoms with van der Waals surface area (Å²) in [6.07, 6.45) is 3.05. The smallest absolute Gasteiger partial charge is 0.225 e. The number of hydrogen-bond acceptors (Lipinski definition) is 3. The van der Waals surface area contributed by atoms with E-state index in [0.29, 0.717) is 13.0 Å². The molecule has 0 aliphatic carbocycles. The van der Waals surface area contributed by atoms with Crippen LogP contribution in [-0.2, 0) is 9.53 Å². The summed E-state index contributed by atoms with van der Waals surface area (Å²) in [5.74, 6) is -0.198. The van der Waals surface area contributed by atoms with Gasteiger partial charge in [-0.3, -0.25) is 4.79 Å². The zero-order chi connectivity index (χ0) is 15.2. The third kappa shape index (κ3) is 4.02. The standard InChI is InChI=1S/C16H23FN2O2/c1-21-14(11-18)10-16(20)19-9-3-2-4-15(19)12-5-7-13(17)8-6-12/h5-8,14-15H,2-4,9-11,18H2,1H3/t14-,15+/m0/s1. The Hall–Kier alpha value is -1.46. The number of ether oxygens (including phenoxy) is 1. The van der Waals surface area contributed by atoms with Gasteiger partial charge in [-0.1, -0.05) is 12.1 Å². The fraction of sp³-hybridized carbons (Fsp3) is 0.562. The van der Waals surface area contributed by atoms with E-state index in [1.54, 1.807) is 19.2 Å². The summed E-state index contributed by atoms with van der Waals surface area (Å²) in [5, 5.41) is 0. The molecule has 2 N–H and O–H groups in total. The van der Waals surface area contributed by atoms with Crippen molar-refractivity contribution in [3.05, 3.63) is 35.6 Å². The number of nitrogens with two attached hydrogens (primary N) is 1. The van der Waals surface area contributed by atoms with Crippen LogP contribution in [0.4, 0.5) is 4.39 Å². The van der Waals surface area contributed by atoms with Crippen molar-refractivity contribution in [3.63, 3.8) is 0 Å². The maximum absolute atomic E-state index is 13.1. The summed E-state index contributed by atoms with van der Waals surface area (Å²) in [7, 11) is 1.57. The van der Waals surface area contributed by atoms with Gasteiger partial charge < -0.3 is 15.4 Å². The Morgan fingerprint density at radius 1 is 1.43 bits per heavy atom. The van der Waals surface area contributed by atoms with Gasteiger partial charge in [-0.15, -0.1) is 0 Å². The molecule has 1 heterocycles. The monoisotopic (exact) mass is 294 g/mol. The van der Waals surface area contributed by atoms with Crippen molar-refractivity contribution in [2.75, 3.05) is 20.2 Å². The molecule has 0 spiro atoms. The van der Waals surface area contributed by atoms with Crippen LogP contribution >= 0.6 is 0 Å². The molecule has 4 nitrogen and oxygen atoms in total. The summed E-state index contributed by atoms with van der Waals surface area (Å²) >= 11 is 0. The van der Waals surface area contributed by atoms with Crippen molar-refractivity contribution in [3.8, 4) is 0 Å². The molecule has 1 aromatic carbocycles. The van der Waals surface area contributed by atoms with E-state index >= 15 is 0 Å². The van der Waals surface area contributed by atoms with Crippen LogP contribution in [0.3, 0.4) is 0 Å². The van der Waals surface area contributed by atoms with E-state index in [4.69, 9.17) is 10.5 Å². The Balaban J connectivity index is 2.11. The van der Waals surface area contributed by atoms with E-state index in [1.165, 1.54) is 12.1 Å². The second-order valence-corrected chi connectivity index (χ2v) is 5.45. The second kappa shape index (κ2) is 7.52. The molecule has 0 unspecified atom stereocenters. The van der Waals surface area contributed by atoms with Crippen molar-refractivity contribution >= 4 is 5.91 Å². The van der Waals surface area contributed by atoms with Crippen molar-refractivity contribution in [2.24, 2.45) is 5.73 Å². The zero-order valence-corrected chi connectivity index (χ0v) is 12.4. The predicted molar refractivity (Wildman–Crippen MR) is 79.2 cm³/mol. The molecule has 1 saturated heterocycles. The number of benzene rings is 1. The molecule has 1 amide bonds. The van der Waals surface area contributed by atoms with Crippen LogP contribution in [0.15, 0.2) is 24.3 Å². The number of hydrogen-bond donors (Lipinski definition) is 1. The normalized spacial score (nSPS) is 20.3. The first-order valence-electron chi connectivity index (χ1n) is 7.43. The summed E-state index contributed by atoms with van der Waals surface area (Å²) in [5.41, 5.74) is 6.58. The summed E-state index contributed by atoms with van der Waals surface area (Å²) in [6, 6.07) is 6.46. The number of likely N-dealkylation sites (tertiary alicyclic amines) is 1. The lowest BCUT2D eigenvalue weighted by molar-refractivity contribution is -0.137. The van der Waals surface area contributed by atoms with E-state index in [0.717, 1.165) is 31.4 Å². The van der Waals surface area contributed by atoms with Gasteiger partial charge in [0.25, 0.3) is 0 Å². The molecular weight excluding hydrogens is 271 g/mol. The summed E-state index contributed by atoms with van der Waals surface area (Å²) < 4.78 is 18.3. The molecule has 1 fully saturated rings. The second-order valence-electron chi connectivity index (χ2n) is 5.45. The van der Waals surface area contributed by atoms with Gasteiger partial charge in [-0.25, -0.2) is 4.39 Å². The van der Waals surface area contributed by atoms with Crippen molar-refractivity contribution < 1.29 is 13.9 Å². The highest BCUT2D eigenvalue weighted by atomic mass is 19.1. The maximum atomic E-state index is 13.1. The average Bonchev–Trinajstić information content (AvgIpc) is 2.53. The predicted octanol–water partition coefficient (Wildman–Crippen LogP) is 2.24. The van der Waals surface area contributed by atoms with Crippen molar-refractivity contribution in [2.45, 2.75) is 37.8 Å². The highest BCUT2D eigenvalue weighted by Crippen LogP contribution is 2.31. The Morgan fingerprint density at radius 3 is 2.76 bits per heavy atom. The van der Waals surface area contributed by atoms with Gasteiger partial charge >= 0.3 is 0 Å². The summed E-state index contributed by atoms with van der Waals surface area (Å²) in [4.78, 5) is 14.4. The largest absolute Gasteiger partial charge is 0.380 e. The number of nitrogens with zero attached hydrogens (tertiary/aromatic N) is 1. The molecule has 2 rings (SSSR count). The van der Waals surface area contributed by atoms with Gasteiger partial charge in [0.1, 0.15) is 5.82 Å². The van der Waals surface area contributed by atoms with E-state index < -0.39 is 0 Å². The van der Waals surface area contributed by atoms with Gasteiger partial charge in [0.05, 0.1) is 18.6 Å². The summed E-state index contributed by atoms with van der Waals surface area (Å²) in [6.45, 7) is 1.07. The lowest BCUT2D eigenvalue weighted by atomic mass is 9.94. The molecular formula is C16H23FN2O2. The van der Waals surface area contributed by atoms with Gasteiger partial charge in [0.2, 0.25) is 5.91 Å². The van der Waals surface area contributed by atoms with Gasteiger partial charge in [0.15, 0.2) is 0 Å². The third-order valence-electron chi connectivity index (χ3n) is 4.08. The minimum atomic E-state index is -0.255. The molecule has 0 aromatic heterocycles. The van der Waals surface area contributed by atoms with Gasteiger partial charge in [-0.2, -0.15) is 0 Å². The molecule has 2 atom stereocenters. The highest BCUT2D eigenvalue weighted by Gasteiger charge is 2.29. The first kappa shape index (κ1) is 15.9. The van der Waals surface area contributed by atoms with Crippen LogP contribution in [0, 0.1) is 5.82 Å². The molecule has 0 bridgehead atoms. The molecule has 1 aliphatic rings. The van der Waals surface area contributed by atoms with Gasteiger partial charge in [-0.05, 0) is 37.0 Å². The number of rotatable bonds is 5. The van der Waals surface area contributed by atoms with Gasteiger partial charge in [0, 0.05) is 20.2 Å². The fourth-order valence-corrected chi connectivity index (χ4v) is 2.84. The Morgan fingerprint density at radius 2 is 2.14 bits per heavy atom. The van der Waals surface area contributed by atoms with Crippen molar-refractivity contribution in [1.29, 1.82) is 0 Å². The van der Waals surface area contributed by atoms with Crippen LogP contribution in [0.25, 0.3) is 0 Å². The van der Waals surface area contributed by atoms with Crippen LogP contribution in [0.5, 0.6) is 0 Å². The fourth-order valence-electron chi connectivity index (χ4n) is 2.84. The number of piperidine rings is 1. The lowest BCUT2D eigenvalue weighted by Gasteiger charge is -2.36. The van der Waals surface area contributed by atoms with Crippen LogP contribution in [-0.4, -0.2) is 37.1 Å². The molecule has 1 aromatic rings. The Kier molecular flexibility index (Phi) is 5.70. The van der Waals surface area contributed by atoms with E-state index in [9.17, 15) is 9.18 Å². The average molecular weight is 294 g/mol. The number of halogens is 1. The molecule has 116 valence electrons. The van der Waals surface area contributed by atoms with Crippen LogP contribution in [0.2, 0.25) is 0 Å². The maximum Gasteiger partial charge on any atom is 0.225 e. The molecule has 5 heteroatoms. The Bertz CT molecular complexity index is 460. The minimum absolute atomic E-state index is 0.0298. The molecule has 21 heavy (non-hydrogen) atoms. The highest BCUT2D eigenvalue weighted by molar-refractivity contribution is 5.77. The SMILES string of the molecule is CO[C@H](CN)CC(=O)N1CCCC[C@@H]1c1ccc(F)cc1. The van der Waals surface area contributed by atoms with Crippen molar-refractivity contribution in [1.82, 2.24) is 4.90 Å². The number of amides is 1. The van der Waals surface area contributed by atoms with Crippen LogP contribution in [0.1, 0.15) is 37.3 Å². The lowest BCUT2D eigenvalue weighted by Crippen LogP contribution is -2.41.